The van der Waals surface area contributed by atoms with Gasteiger partial charge in [0.25, 0.3) is 0 Å². The second kappa shape index (κ2) is 7.77. The second-order valence-corrected chi connectivity index (χ2v) is 9.21. The molecule has 3 N–H and O–H groups in total. The molecule has 2 heterocycles. The number of rotatable bonds is 5. The van der Waals surface area contributed by atoms with Gasteiger partial charge in [-0.1, -0.05) is 12.1 Å². The van der Waals surface area contributed by atoms with E-state index in [1.165, 1.54) is 16.7 Å². The van der Waals surface area contributed by atoms with Crippen molar-refractivity contribution in [3.63, 3.8) is 0 Å². The van der Waals surface area contributed by atoms with Crippen LogP contribution in [0.4, 0.5) is 11.4 Å². The molecular weight excluding hydrogens is 416 g/mol. The van der Waals surface area contributed by atoms with E-state index < -0.39 is 5.25 Å². The molecular formula is C22H20N4O2S2. The number of thioether (sulfide) groups is 1. The lowest BCUT2D eigenvalue weighted by atomic mass is 10.2. The maximum absolute atomic E-state index is 13.0. The molecule has 5 rings (SSSR count). The highest BCUT2D eigenvalue weighted by Crippen LogP contribution is 2.35. The third-order valence-corrected chi connectivity index (χ3v) is 6.58. The molecule has 1 unspecified atom stereocenters. The molecule has 0 bridgehead atoms. The highest BCUT2D eigenvalue weighted by molar-refractivity contribution is 8.00. The Morgan fingerprint density at radius 2 is 2.00 bits per heavy atom. The van der Waals surface area contributed by atoms with Crippen LogP contribution in [-0.4, -0.2) is 33.2 Å². The summed E-state index contributed by atoms with van der Waals surface area (Å²) in [7, 11) is 0. The van der Waals surface area contributed by atoms with Gasteiger partial charge in [-0.25, -0.2) is 4.90 Å². The number of fused-ring (bicyclic) bond motifs is 1. The zero-order valence-electron chi connectivity index (χ0n) is 16.1. The lowest BCUT2D eigenvalue weighted by molar-refractivity contribution is -0.121. The summed E-state index contributed by atoms with van der Waals surface area (Å²) in [5, 5.41) is 7.65. The summed E-state index contributed by atoms with van der Waals surface area (Å²) in [6, 6.07) is 15.8. The van der Waals surface area contributed by atoms with Crippen LogP contribution in [0, 0.1) is 0 Å². The van der Waals surface area contributed by atoms with E-state index in [9.17, 15) is 9.59 Å². The van der Waals surface area contributed by atoms with Crippen molar-refractivity contribution in [1.82, 2.24) is 10.3 Å². The number of amides is 2. The molecule has 0 spiro atoms. The molecule has 1 aromatic heterocycles. The molecule has 2 fully saturated rings. The molecule has 0 radical (unpaired) electrons. The van der Waals surface area contributed by atoms with Gasteiger partial charge >= 0.3 is 0 Å². The number of imide groups is 1. The zero-order valence-corrected chi connectivity index (χ0v) is 17.7. The van der Waals surface area contributed by atoms with Crippen molar-refractivity contribution >= 4 is 63.2 Å². The van der Waals surface area contributed by atoms with Crippen molar-refractivity contribution < 1.29 is 9.59 Å². The molecule has 30 heavy (non-hydrogen) atoms. The number of hydrogen-bond donors (Lipinski definition) is 3. The summed E-state index contributed by atoms with van der Waals surface area (Å²) in [5.74, 6) is -0.354. The third-order valence-electron chi connectivity index (χ3n) is 5.18. The highest BCUT2D eigenvalue weighted by Gasteiger charge is 2.40. The standard InChI is InChI=1S/C22H20N4O2S2/c27-20-12-19(21(28)26(20)16-7-4-13-8-9-23-18(13)11-16)30-17-3-1-2-15(10-17)25-22(29)24-14-5-6-14/h1-4,7-11,14,19,23H,5-6,12H2,(H2,24,25,29). The van der Waals surface area contributed by atoms with Gasteiger partial charge in [-0.05, 0) is 66.8 Å². The number of aromatic amines is 1. The predicted molar refractivity (Wildman–Crippen MR) is 124 cm³/mol. The SMILES string of the molecule is O=C1CC(Sc2cccc(NC(=S)NC3CC3)c2)C(=O)N1c1ccc2cc[nH]c2c1. The van der Waals surface area contributed by atoms with Crippen molar-refractivity contribution in [2.24, 2.45) is 0 Å². The average molecular weight is 437 g/mol. The van der Waals surface area contributed by atoms with Crippen molar-refractivity contribution in [3.8, 4) is 0 Å². The number of nitrogens with zero attached hydrogens (tertiary/aromatic N) is 1. The maximum Gasteiger partial charge on any atom is 0.247 e. The van der Waals surface area contributed by atoms with Crippen LogP contribution in [0.2, 0.25) is 0 Å². The third kappa shape index (κ3) is 3.93. The van der Waals surface area contributed by atoms with Gasteiger partial charge in [0.1, 0.15) is 0 Å². The van der Waals surface area contributed by atoms with E-state index in [1.807, 2.05) is 54.7 Å². The van der Waals surface area contributed by atoms with Gasteiger partial charge in [-0.15, -0.1) is 11.8 Å². The summed E-state index contributed by atoms with van der Waals surface area (Å²) < 4.78 is 0. The molecule has 1 aliphatic heterocycles. The molecule has 3 aromatic rings. The number of anilines is 2. The first kappa shape index (κ1) is 19.1. The summed E-state index contributed by atoms with van der Waals surface area (Å²) in [6.07, 6.45) is 4.34. The molecule has 1 aliphatic carbocycles. The number of nitrogens with one attached hydrogen (secondary N) is 3. The minimum atomic E-state index is -0.441. The Kier molecular flexibility index (Phi) is 4.96. The topological polar surface area (TPSA) is 77.2 Å². The average Bonchev–Trinajstić information content (AvgIpc) is 3.31. The van der Waals surface area contributed by atoms with Crippen molar-refractivity contribution in [2.45, 2.75) is 35.4 Å². The highest BCUT2D eigenvalue weighted by atomic mass is 32.2. The van der Waals surface area contributed by atoms with Crippen LogP contribution in [0.15, 0.2) is 59.6 Å². The summed E-state index contributed by atoms with van der Waals surface area (Å²) in [5.41, 5.74) is 2.37. The van der Waals surface area contributed by atoms with E-state index in [1.54, 1.807) is 0 Å². The lowest BCUT2D eigenvalue weighted by Gasteiger charge is -2.15. The Balaban J connectivity index is 1.29. The van der Waals surface area contributed by atoms with E-state index in [0.717, 1.165) is 34.3 Å². The van der Waals surface area contributed by atoms with Crippen LogP contribution in [0.1, 0.15) is 19.3 Å². The van der Waals surface area contributed by atoms with E-state index in [2.05, 4.69) is 15.6 Å². The monoisotopic (exact) mass is 436 g/mol. The van der Waals surface area contributed by atoms with E-state index in [0.29, 0.717) is 16.8 Å². The largest absolute Gasteiger partial charge is 0.361 e. The minimum absolute atomic E-state index is 0.174. The van der Waals surface area contributed by atoms with Crippen molar-refractivity contribution in [1.29, 1.82) is 0 Å². The number of thiocarbonyl (C=S) groups is 1. The van der Waals surface area contributed by atoms with Crippen LogP contribution < -0.4 is 15.5 Å². The van der Waals surface area contributed by atoms with Gasteiger partial charge in [-0.2, -0.15) is 0 Å². The summed E-state index contributed by atoms with van der Waals surface area (Å²) in [4.78, 5) is 31.0. The van der Waals surface area contributed by atoms with E-state index >= 15 is 0 Å². The Bertz CT molecular complexity index is 1150. The van der Waals surface area contributed by atoms with Crippen LogP contribution in [0.3, 0.4) is 0 Å². The minimum Gasteiger partial charge on any atom is -0.361 e. The normalized spacial score (nSPS) is 18.8. The molecule has 8 heteroatoms. The molecule has 2 aromatic carbocycles. The van der Waals surface area contributed by atoms with Crippen LogP contribution in [-0.2, 0) is 9.59 Å². The second-order valence-electron chi connectivity index (χ2n) is 7.53. The zero-order chi connectivity index (χ0) is 20.7. The van der Waals surface area contributed by atoms with Crippen LogP contribution in [0.5, 0.6) is 0 Å². The molecule has 1 saturated heterocycles. The van der Waals surface area contributed by atoms with Gasteiger partial charge in [0, 0.05) is 34.8 Å². The molecule has 1 atom stereocenters. The van der Waals surface area contributed by atoms with E-state index in [4.69, 9.17) is 12.2 Å². The molecule has 6 nitrogen and oxygen atoms in total. The number of carbonyl (C=O) groups excluding carboxylic acids is 2. The first-order chi connectivity index (χ1) is 14.6. The van der Waals surface area contributed by atoms with Crippen LogP contribution in [0.25, 0.3) is 10.9 Å². The van der Waals surface area contributed by atoms with Crippen molar-refractivity contribution in [2.75, 3.05) is 10.2 Å². The number of aromatic nitrogens is 1. The first-order valence-electron chi connectivity index (χ1n) is 9.85. The fraction of sp³-hybridized carbons (Fsp3) is 0.227. The van der Waals surface area contributed by atoms with Gasteiger partial charge in [-0.3, -0.25) is 9.59 Å². The fourth-order valence-corrected chi connectivity index (χ4v) is 4.93. The smallest absolute Gasteiger partial charge is 0.247 e. The lowest BCUT2D eigenvalue weighted by Crippen LogP contribution is -2.31. The summed E-state index contributed by atoms with van der Waals surface area (Å²) >= 11 is 6.74. The number of carbonyl (C=O) groups is 2. The first-order valence-corrected chi connectivity index (χ1v) is 11.1. The molecule has 2 amide bonds. The molecule has 2 aliphatic rings. The number of hydrogen-bond acceptors (Lipinski definition) is 4. The van der Waals surface area contributed by atoms with E-state index in [-0.39, 0.29) is 18.2 Å². The van der Waals surface area contributed by atoms with Gasteiger partial charge in [0.05, 0.1) is 10.9 Å². The quantitative estimate of drug-likeness (QED) is 0.414. The van der Waals surface area contributed by atoms with Gasteiger partial charge in [0.15, 0.2) is 5.11 Å². The summed E-state index contributed by atoms with van der Waals surface area (Å²) in [6.45, 7) is 0. The fourth-order valence-electron chi connectivity index (χ4n) is 3.53. The Morgan fingerprint density at radius 3 is 2.83 bits per heavy atom. The predicted octanol–water partition coefficient (Wildman–Crippen LogP) is 4.04. The molecule has 1 saturated carbocycles. The van der Waals surface area contributed by atoms with Crippen molar-refractivity contribution in [3.05, 3.63) is 54.7 Å². The molecule has 152 valence electrons. The number of benzene rings is 2. The Labute approximate surface area is 183 Å². The Morgan fingerprint density at radius 1 is 1.13 bits per heavy atom. The van der Waals surface area contributed by atoms with Gasteiger partial charge in [0.2, 0.25) is 11.8 Å². The maximum atomic E-state index is 13.0. The number of H-pyrrole nitrogens is 1. The van der Waals surface area contributed by atoms with Gasteiger partial charge < -0.3 is 15.6 Å². The van der Waals surface area contributed by atoms with Crippen LogP contribution >= 0.6 is 24.0 Å². The Hall–Kier alpha value is -2.84.